The first kappa shape index (κ1) is 22.0. The van der Waals surface area contributed by atoms with E-state index in [1.807, 2.05) is 19.1 Å². The summed E-state index contributed by atoms with van der Waals surface area (Å²) in [6.07, 6.45) is -0.363. The molecule has 1 saturated heterocycles. The van der Waals surface area contributed by atoms with Gasteiger partial charge in [-0.1, -0.05) is 17.7 Å². The highest BCUT2D eigenvalue weighted by molar-refractivity contribution is 6.30. The molecule has 1 amide bonds. The summed E-state index contributed by atoms with van der Waals surface area (Å²) in [5, 5.41) is 3.51. The Balaban J connectivity index is 1.74. The number of rotatable bonds is 8. The summed E-state index contributed by atoms with van der Waals surface area (Å²) in [6, 6.07) is 10.7. The first-order valence-electron chi connectivity index (χ1n) is 9.45. The Hall–Kier alpha value is -2.68. The van der Waals surface area contributed by atoms with Crippen LogP contribution < -0.4 is 35.1 Å². The lowest BCUT2D eigenvalue weighted by Crippen LogP contribution is -2.47. The number of hydrogen-bond acceptors (Lipinski definition) is 7. The Morgan fingerprint density at radius 3 is 2.37 bits per heavy atom. The van der Waals surface area contributed by atoms with Crippen LogP contribution in [0.3, 0.4) is 0 Å². The number of hydrazine groups is 1. The van der Waals surface area contributed by atoms with E-state index in [1.165, 1.54) is 0 Å². The zero-order valence-corrected chi connectivity index (χ0v) is 18.1. The summed E-state index contributed by atoms with van der Waals surface area (Å²) in [5.41, 5.74) is 7.22. The fourth-order valence-corrected chi connectivity index (χ4v) is 3.69. The normalized spacial score (nSPS) is 20.5. The molecule has 0 saturated carbocycles. The highest BCUT2D eigenvalue weighted by atomic mass is 35.5. The molecule has 0 radical (unpaired) electrons. The number of nitrogens with one attached hydrogen (secondary N) is 3. The van der Waals surface area contributed by atoms with E-state index in [1.54, 1.807) is 45.6 Å². The van der Waals surface area contributed by atoms with Gasteiger partial charge in [0.05, 0.1) is 21.3 Å². The van der Waals surface area contributed by atoms with Crippen LogP contribution in [0, 0.1) is 0 Å². The summed E-state index contributed by atoms with van der Waals surface area (Å²) in [6.45, 7) is 1.89. The van der Waals surface area contributed by atoms with E-state index >= 15 is 0 Å². The maximum atomic E-state index is 12.5. The van der Waals surface area contributed by atoms with Gasteiger partial charge in [0.25, 0.3) is 5.91 Å². The summed E-state index contributed by atoms with van der Waals surface area (Å²) >= 11 is 5.94. The van der Waals surface area contributed by atoms with Gasteiger partial charge in [0.15, 0.2) is 18.1 Å². The van der Waals surface area contributed by atoms with Crippen molar-refractivity contribution in [1.82, 2.24) is 16.2 Å². The molecule has 3 unspecified atom stereocenters. The van der Waals surface area contributed by atoms with Crippen molar-refractivity contribution in [3.8, 4) is 23.0 Å². The number of halogens is 1. The van der Waals surface area contributed by atoms with Crippen molar-refractivity contribution < 1.29 is 23.7 Å². The lowest BCUT2D eigenvalue weighted by atomic mass is 9.90. The maximum absolute atomic E-state index is 12.5. The first-order valence-corrected chi connectivity index (χ1v) is 9.83. The van der Waals surface area contributed by atoms with Crippen LogP contribution in [0.1, 0.15) is 18.4 Å². The van der Waals surface area contributed by atoms with E-state index in [-0.39, 0.29) is 30.6 Å². The quantitative estimate of drug-likeness (QED) is 0.586. The molecule has 30 heavy (non-hydrogen) atoms. The lowest BCUT2D eigenvalue weighted by Gasteiger charge is -2.24. The average Bonchev–Trinajstić information content (AvgIpc) is 3.11. The minimum absolute atomic E-state index is 0.0342. The Bertz CT molecular complexity index is 870. The SMILES string of the molecule is COc1cc(C2C(C)NNC2NC(=O)COc2cccc(Cl)c2)cc(OC)c1OC. The van der Waals surface area contributed by atoms with Crippen LogP contribution in [0.2, 0.25) is 5.02 Å². The molecule has 3 rings (SSSR count). The monoisotopic (exact) mass is 435 g/mol. The number of methoxy groups -OCH3 is 3. The van der Waals surface area contributed by atoms with Gasteiger partial charge >= 0.3 is 0 Å². The molecule has 1 fully saturated rings. The molecular formula is C21H26ClN3O5. The van der Waals surface area contributed by atoms with Gasteiger partial charge in [-0.25, -0.2) is 5.43 Å². The second-order valence-corrected chi connectivity index (χ2v) is 7.29. The van der Waals surface area contributed by atoms with E-state index in [0.717, 1.165) is 5.56 Å². The fourth-order valence-electron chi connectivity index (χ4n) is 3.51. The zero-order chi connectivity index (χ0) is 21.7. The molecule has 3 N–H and O–H groups in total. The smallest absolute Gasteiger partial charge is 0.259 e. The number of carbonyl (C=O) groups is 1. The summed E-state index contributed by atoms with van der Waals surface area (Å²) in [5.74, 6) is 1.81. The molecule has 2 aromatic carbocycles. The molecule has 162 valence electrons. The van der Waals surface area contributed by atoms with E-state index in [2.05, 4.69) is 16.2 Å². The van der Waals surface area contributed by atoms with E-state index < -0.39 is 0 Å². The first-order chi connectivity index (χ1) is 14.5. The van der Waals surface area contributed by atoms with Gasteiger partial charge in [0, 0.05) is 17.0 Å². The third-order valence-electron chi connectivity index (χ3n) is 4.92. The number of ether oxygens (including phenoxy) is 4. The van der Waals surface area contributed by atoms with E-state index in [0.29, 0.717) is 28.0 Å². The standard InChI is InChI=1S/C21H26ClN3O5/c1-12-19(13-8-16(27-2)20(29-4)17(9-13)28-3)21(25-24-12)23-18(26)11-30-15-7-5-6-14(22)10-15/h5-10,12,19,21,24-25H,11H2,1-4H3,(H,23,26). The van der Waals surface area contributed by atoms with Gasteiger partial charge < -0.3 is 24.3 Å². The van der Waals surface area contributed by atoms with Crippen molar-refractivity contribution in [3.05, 3.63) is 47.0 Å². The van der Waals surface area contributed by atoms with Crippen LogP contribution in [0.4, 0.5) is 0 Å². The molecule has 1 heterocycles. The number of benzene rings is 2. The van der Waals surface area contributed by atoms with Gasteiger partial charge in [-0.3, -0.25) is 10.2 Å². The number of amides is 1. The van der Waals surface area contributed by atoms with Crippen LogP contribution in [0.25, 0.3) is 0 Å². The molecule has 1 aliphatic rings. The van der Waals surface area contributed by atoms with Crippen LogP contribution in [0.15, 0.2) is 36.4 Å². The van der Waals surface area contributed by atoms with Crippen LogP contribution >= 0.6 is 11.6 Å². The molecule has 0 aromatic heterocycles. The van der Waals surface area contributed by atoms with Crippen molar-refractivity contribution in [2.75, 3.05) is 27.9 Å². The minimum Gasteiger partial charge on any atom is -0.493 e. The highest BCUT2D eigenvalue weighted by Crippen LogP contribution is 2.41. The van der Waals surface area contributed by atoms with E-state index in [4.69, 9.17) is 30.5 Å². The van der Waals surface area contributed by atoms with Gasteiger partial charge in [-0.05, 0) is 42.8 Å². The molecular weight excluding hydrogens is 410 g/mol. The van der Waals surface area contributed by atoms with Crippen molar-refractivity contribution in [2.45, 2.75) is 25.0 Å². The average molecular weight is 436 g/mol. The topological polar surface area (TPSA) is 90.1 Å². The molecule has 8 nitrogen and oxygen atoms in total. The van der Waals surface area contributed by atoms with Crippen LogP contribution in [-0.2, 0) is 4.79 Å². The summed E-state index contributed by atoms with van der Waals surface area (Å²) in [4.78, 5) is 12.5. The Kier molecular flexibility index (Phi) is 7.25. The Morgan fingerprint density at radius 2 is 1.77 bits per heavy atom. The number of carbonyl (C=O) groups excluding carboxylic acids is 1. The molecule has 1 aliphatic heterocycles. The number of hydrogen-bond donors (Lipinski definition) is 3. The predicted molar refractivity (Wildman–Crippen MR) is 113 cm³/mol. The van der Waals surface area contributed by atoms with Gasteiger partial charge in [-0.2, -0.15) is 0 Å². The van der Waals surface area contributed by atoms with Crippen molar-refractivity contribution in [1.29, 1.82) is 0 Å². The second kappa shape index (κ2) is 9.88. The van der Waals surface area contributed by atoms with Crippen molar-refractivity contribution in [3.63, 3.8) is 0 Å². The lowest BCUT2D eigenvalue weighted by molar-refractivity contribution is -0.124. The van der Waals surface area contributed by atoms with Crippen LogP contribution in [-0.4, -0.2) is 46.1 Å². The van der Waals surface area contributed by atoms with Crippen molar-refractivity contribution in [2.24, 2.45) is 0 Å². The van der Waals surface area contributed by atoms with Crippen LogP contribution in [0.5, 0.6) is 23.0 Å². The van der Waals surface area contributed by atoms with Gasteiger partial charge in [0.1, 0.15) is 11.9 Å². The molecule has 0 aliphatic carbocycles. The zero-order valence-electron chi connectivity index (χ0n) is 17.3. The fraction of sp³-hybridized carbons (Fsp3) is 0.381. The van der Waals surface area contributed by atoms with E-state index in [9.17, 15) is 4.79 Å². The summed E-state index contributed by atoms with van der Waals surface area (Å²) in [7, 11) is 4.70. The van der Waals surface area contributed by atoms with Crippen molar-refractivity contribution >= 4 is 17.5 Å². The maximum Gasteiger partial charge on any atom is 0.259 e. The third kappa shape index (κ3) is 4.89. The minimum atomic E-state index is -0.363. The molecule has 0 spiro atoms. The second-order valence-electron chi connectivity index (χ2n) is 6.85. The molecule has 3 atom stereocenters. The third-order valence-corrected chi connectivity index (χ3v) is 5.15. The largest absolute Gasteiger partial charge is 0.493 e. The van der Waals surface area contributed by atoms with Gasteiger partial charge in [-0.15, -0.1) is 0 Å². The Labute approximate surface area is 180 Å². The molecule has 9 heteroatoms. The van der Waals surface area contributed by atoms with Gasteiger partial charge in [0.2, 0.25) is 5.75 Å². The molecule has 0 bridgehead atoms. The molecule has 2 aromatic rings. The summed E-state index contributed by atoms with van der Waals surface area (Å²) < 4.78 is 21.9. The predicted octanol–water partition coefficient (Wildman–Crippen LogP) is 2.47. The Morgan fingerprint density at radius 1 is 1.07 bits per heavy atom. The highest BCUT2D eigenvalue weighted by Gasteiger charge is 2.36.